The molecule has 1 aromatic heterocycles. The van der Waals surface area contributed by atoms with E-state index in [0.29, 0.717) is 24.1 Å². The molecule has 6 heteroatoms. The van der Waals surface area contributed by atoms with Crippen LogP contribution in [-0.4, -0.2) is 48.2 Å². The van der Waals surface area contributed by atoms with Gasteiger partial charge >= 0.3 is 0 Å². The first kappa shape index (κ1) is 11.9. The second-order valence-corrected chi connectivity index (χ2v) is 4.16. The highest BCUT2D eigenvalue weighted by atomic mass is 16.5. The quantitative estimate of drug-likeness (QED) is 0.779. The zero-order valence-electron chi connectivity index (χ0n) is 10.2. The molecule has 2 N–H and O–H groups in total. The molecule has 1 fully saturated rings. The molecule has 0 atom stereocenters. The van der Waals surface area contributed by atoms with Gasteiger partial charge in [-0.3, -0.25) is 0 Å². The van der Waals surface area contributed by atoms with Gasteiger partial charge in [-0.15, -0.1) is 0 Å². The van der Waals surface area contributed by atoms with Crippen LogP contribution in [0.1, 0.15) is 12.8 Å². The smallest absolute Gasteiger partial charge is 0.262 e. The van der Waals surface area contributed by atoms with Gasteiger partial charge in [0.05, 0.1) is 7.11 Å². The largest absolute Gasteiger partial charge is 0.489 e. The van der Waals surface area contributed by atoms with Gasteiger partial charge in [0.15, 0.2) is 5.82 Å². The van der Waals surface area contributed by atoms with E-state index in [0.717, 1.165) is 12.6 Å². The predicted octanol–water partition coefficient (Wildman–Crippen LogP) is 0.540. The lowest BCUT2D eigenvalue weighted by molar-refractivity contribution is 0.219. The van der Waals surface area contributed by atoms with Crippen LogP contribution in [0.5, 0.6) is 11.6 Å². The maximum Gasteiger partial charge on any atom is 0.262 e. The summed E-state index contributed by atoms with van der Waals surface area (Å²) in [5, 5.41) is 0. The Labute approximate surface area is 101 Å². The summed E-state index contributed by atoms with van der Waals surface area (Å²) in [6.07, 6.45) is 3.96. The Kier molecular flexibility index (Phi) is 3.63. The number of nitrogens with two attached hydrogens (primary N) is 1. The van der Waals surface area contributed by atoms with E-state index in [1.165, 1.54) is 26.3 Å². The fourth-order valence-corrected chi connectivity index (χ4v) is 1.65. The minimum Gasteiger partial charge on any atom is -0.489 e. The van der Waals surface area contributed by atoms with E-state index in [4.69, 9.17) is 15.2 Å². The molecule has 0 aromatic carbocycles. The van der Waals surface area contributed by atoms with Crippen LogP contribution in [0.2, 0.25) is 0 Å². The molecule has 0 radical (unpaired) electrons. The van der Waals surface area contributed by atoms with E-state index < -0.39 is 0 Å². The van der Waals surface area contributed by atoms with Gasteiger partial charge in [0.1, 0.15) is 12.9 Å². The van der Waals surface area contributed by atoms with E-state index in [1.807, 2.05) is 0 Å². The summed E-state index contributed by atoms with van der Waals surface area (Å²) in [4.78, 5) is 10.1. The van der Waals surface area contributed by atoms with Crippen LogP contribution in [0, 0.1) is 0 Å². The summed E-state index contributed by atoms with van der Waals surface area (Å²) in [6, 6.07) is 0.732. The Hall–Kier alpha value is -1.56. The van der Waals surface area contributed by atoms with Crippen molar-refractivity contribution in [2.45, 2.75) is 18.9 Å². The first-order chi connectivity index (χ1) is 8.22. The summed E-state index contributed by atoms with van der Waals surface area (Å²) >= 11 is 0. The Morgan fingerprint density at radius 2 is 2.24 bits per heavy atom. The summed E-state index contributed by atoms with van der Waals surface area (Å²) < 4.78 is 10.7. The highest BCUT2D eigenvalue weighted by Crippen LogP contribution is 2.28. The molecule has 1 aliphatic carbocycles. The minimum atomic E-state index is 0.299. The molecule has 1 aromatic rings. The fraction of sp³-hybridized carbons (Fsp3) is 0.636. The molecule has 0 unspecified atom stereocenters. The average Bonchev–Trinajstić information content (AvgIpc) is 3.13. The molecule has 0 bridgehead atoms. The summed E-state index contributed by atoms with van der Waals surface area (Å²) in [6.45, 7) is 1.44. The molecule has 1 saturated carbocycles. The van der Waals surface area contributed by atoms with Gasteiger partial charge in [-0.2, -0.15) is 4.98 Å². The van der Waals surface area contributed by atoms with Gasteiger partial charge in [0, 0.05) is 12.6 Å². The predicted molar refractivity (Wildman–Crippen MR) is 64.1 cm³/mol. The normalized spacial score (nSPS) is 15.0. The van der Waals surface area contributed by atoms with Crippen molar-refractivity contribution >= 4 is 5.82 Å². The van der Waals surface area contributed by atoms with E-state index in [1.54, 1.807) is 0 Å². The van der Waals surface area contributed by atoms with Crippen LogP contribution in [-0.2, 0) is 0 Å². The molecule has 0 aliphatic heterocycles. The third-order valence-corrected chi connectivity index (χ3v) is 2.86. The number of hydrogen-bond acceptors (Lipinski definition) is 6. The SMILES string of the molecule is COc1c(N)ncnc1OCCN(C)C1CC1. The molecule has 6 nitrogen and oxygen atoms in total. The van der Waals surface area contributed by atoms with Gasteiger partial charge in [-0.05, 0) is 19.9 Å². The lowest BCUT2D eigenvalue weighted by Crippen LogP contribution is -2.26. The van der Waals surface area contributed by atoms with Crippen LogP contribution in [0.3, 0.4) is 0 Å². The van der Waals surface area contributed by atoms with E-state index in [-0.39, 0.29) is 0 Å². The molecule has 1 aliphatic rings. The van der Waals surface area contributed by atoms with Crippen molar-refractivity contribution < 1.29 is 9.47 Å². The molecule has 2 rings (SSSR count). The lowest BCUT2D eigenvalue weighted by atomic mass is 10.5. The van der Waals surface area contributed by atoms with Crippen molar-refractivity contribution in [2.24, 2.45) is 0 Å². The van der Waals surface area contributed by atoms with Crippen LogP contribution >= 0.6 is 0 Å². The zero-order chi connectivity index (χ0) is 12.3. The summed E-state index contributed by atoms with van der Waals surface area (Å²) in [5.41, 5.74) is 5.66. The van der Waals surface area contributed by atoms with Crippen molar-refractivity contribution in [1.82, 2.24) is 14.9 Å². The average molecular weight is 238 g/mol. The number of ether oxygens (including phenoxy) is 2. The molecular formula is C11H18N4O2. The Morgan fingerprint density at radius 1 is 1.47 bits per heavy atom. The van der Waals surface area contributed by atoms with Crippen LogP contribution < -0.4 is 15.2 Å². The van der Waals surface area contributed by atoms with Gasteiger partial charge in [-0.25, -0.2) is 4.98 Å². The number of anilines is 1. The Bertz CT molecular complexity index is 382. The summed E-state index contributed by atoms with van der Waals surface area (Å²) in [7, 11) is 3.63. The Balaban J connectivity index is 1.87. The first-order valence-electron chi connectivity index (χ1n) is 5.70. The number of aromatic nitrogens is 2. The highest BCUT2D eigenvalue weighted by molar-refractivity contribution is 5.51. The Morgan fingerprint density at radius 3 is 2.88 bits per heavy atom. The molecule has 94 valence electrons. The molecule has 17 heavy (non-hydrogen) atoms. The molecule has 1 heterocycles. The number of likely N-dealkylation sites (N-methyl/N-ethyl adjacent to an activating group) is 1. The number of hydrogen-bond donors (Lipinski definition) is 1. The number of nitrogens with zero attached hydrogens (tertiary/aromatic N) is 3. The third kappa shape index (κ3) is 2.97. The van der Waals surface area contributed by atoms with Crippen LogP contribution in [0.15, 0.2) is 6.33 Å². The van der Waals surface area contributed by atoms with Crippen LogP contribution in [0.25, 0.3) is 0 Å². The minimum absolute atomic E-state index is 0.299. The van der Waals surface area contributed by atoms with Crippen LogP contribution in [0.4, 0.5) is 5.82 Å². The molecule has 0 saturated heterocycles. The number of nitrogen functional groups attached to an aromatic ring is 1. The molecule has 0 spiro atoms. The maximum atomic E-state index is 5.66. The maximum absolute atomic E-state index is 5.66. The lowest BCUT2D eigenvalue weighted by Gasteiger charge is -2.16. The molecule has 0 amide bonds. The van der Waals surface area contributed by atoms with Crippen molar-refractivity contribution in [3.8, 4) is 11.6 Å². The number of methoxy groups -OCH3 is 1. The van der Waals surface area contributed by atoms with Crippen molar-refractivity contribution in [3.63, 3.8) is 0 Å². The van der Waals surface area contributed by atoms with Crippen molar-refractivity contribution in [3.05, 3.63) is 6.33 Å². The van der Waals surface area contributed by atoms with Crippen molar-refractivity contribution in [1.29, 1.82) is 0 Å². The van der Waals surface area contributed by atoms with E-state index >= 15 is 0 Å². The van der Waals surface area contributed by atoms with Crippen molar-refractivity contribution in [2.75, 3.05) is 33.0 Å². The number of rotatable bonds is 6. The second kappa shape index (κ2) is 5.18. The zero-order valence-corrected chi connectivity index (χ0v) is 10.2. The third-order valence-electron chi connectivity index (χ3n) is 2.86. The van der Waals surface area contributed by atoms with E-state index in [9.17, 15) is 0 Å². The highest BCUT2D eigenvalue weighted by Gasteiger charge is 2.25. The fourth-order valence-electron chi connectivity index (χ4n) is 1.65. The summed E-state index contributed by atoms with van der Waals surface area (Å²) in [5.74, 6) is 1.11. The van der Waals surface area contributed by atoms with Gasteiger partial charge in [-0.1, -0.05) is 0 Å². The first-order valence-corrected chi connectivity index (χ1v) is 5.70. The van der Waals surface area contributed by atoms with Gasteiger partial charge in [0.2, 0.25) is 5.75 Å². The van der Waals surface area contributed by atoms with Gasteiger partial charge in [0.25, 0.3) is 5.88 Å². The second-order valence-electron chi connectivity index (χ2n) is 4.16. The topological polar surface area (TPSA) is 73.5 Å². The monoisotopic (exact) mass is 238 g/mol. The molecular weight excluding hydrogens is 220 g/mol. The van der Waals surface area contributed by atoms with Gasteiger partial charge < -0.3 is 20.1 Å². The standard InChI is InChI=1S/C11H18N4O2/c1-15(8-3-4-8)5-6-17-11-9(16-2)10(12)13-7-14-11/h7-8H,3-6H2,1-2H3,(H2,12,13,14). The van der Waals surface area contributed by atoms with E-state index in [2.05, 4.69) is 21.9 Å².